The van der Waals surface area contributed by atoms with Crippen LogP contribution in [-0.2, 0) is 20.1 Å². The van der Waals surface area contributed by atoms with Gasteiger partial charge >= 0.3 is 0 Å². The van der Waals surface area contributed by atoms with Crippen LogP contribution in [0.5, 0.6) is 5.75 Å². The monoisotopic (exact) mass is 316 g/mol. The smallest absolute Gasteiger partial charge is 0.146 e. The summed E-state index contributed by atoms with van der Waals surface area (Å²) in [4.78, 5) is 6.55. The number of aromatic nitrogens is 4. The minimum Gasteiger partial charge on any atom is -0.497 e. The van der Waals surface area contributed by atoms with Gasteiger partial charge in [0.05, 0.1) is 19.3 Å². The second-order valence-corrected chi connectivity index (χ2v) is 6.32. The maximum atomic E-state index is 5.87. The molecule has 7 heteroatoms. The number of hydrogen-bond acceptors (Lipinski definition) is 6. The van der Waals surface area contributed by atoms with Crippen molar-refractivity contribution in [1.29, 1.82) is 0 Å². The second kappa shape index (κ2) is 6.64. The molecule has 0 unspecified atom stereocenters. The van der Waals surface area contributed by atoms with Gasteiger partial charge in [-0.3, -0.25) is 9.88 Å². The predicted molar refractivity (Wildman–Crippen MR) is 86.9 cm³/mol. The van der Waals surface area contributed by atoms with Gasteiger partial charge in [0.1, 0.15) is 17.4 Å². The van der Waals surface area contributed by atoms with Crippen molar-refractivity contribution < 1.29 is 4.74 Å². The first-order chi connectivity index (χ1) is 11.1. The summed E-state index contributed by atoms with van der Waals surface area (Å²) in [7, 11) is 5.75. The van der Waals surface area contributed by atoms with Crippen molar-refractivity contribution in [2.24, 2.45) is 12.8 Å². The first-order valence-corrected chi connectivity index (χ1v) is 7.88. The number of rotatable bonds is 6. The number of hydrogen-bond donors (Lipinski definition) is 1. The normalized spacial score (nSPS) is 20.6. The molecule has 0 amide bonds. The first kappa shape index (κ1) is 15.9. The molecule has 1 aliphatic carbocycles. The largest absolute Gasteiger partial charge is 0.497 e. The van der Waals surface area contributed by atoms with Crippen LogP contribution in [0.25, 0.3) is 0 Å². The highest BCUT2D eigenvalue weighted by Crippen LogP contribution is 2.34. The SMILES string of the molecule is COc1ccnc(CN(C)Cc2nnc(C3CC(N)C3)n2C)c1. The Kier molecular flexibility index (Phi) is 4.58. The molecule has 0 radical (unpaired) electrons. The lowest BCUT2D eigenvalue weighted by Gasteiger charge is -2.31. The van der Waals surface area contributed by atoms with E-state index < -0.39 is 0 Å². The minimum absolute atomic E-state index is 0.321. The summed E-state index contributed by atoms with van der Waals surface area (Å²) < 4.78 is 7.34. The third kappa shape index (κ3) is 3.51. The molecule has 3 rings (SSSR count). The summed E-state index contributed by atoms with van der Waals surface area (Å²) in [5.74, 6) is 3.30. The molecule has 1 aliphatic rings. The van der Waals surface area contributed by atoms with E-state index in [0.29, 0.717) is 12.0 Å². The predicted octanol–water partition coefficient (Wildman–Crippen LogP) is 1.06. The molecule has 1 fully saturated rings. The summed E-state index contributed by atoms with van der Waals surface area (Å²) in [5, 5.41) is 8.70. The maximum absolute atomic E-state index is 5.87. The molecule has 124 valence electrons. The highest BCUT2D eigenvalue weighted by atomic mass is 16.5. The Morgan fingerprint density at radius 1 is 1.35 bits per heavy atom. The molecule has 0 aliphatic heterocycles. The number of ether oxygens (including phenoxy) is 1. The fourth-order valence-corrected chi connectivity index (χ4v) is 2.98. The van der Waals surface area contributed by atoms with Gasteiger partial charge in [0.25, 0.3) is 0 Å². The van der Waals surface area contributed by atoms with E-state index in [9.17, 15) is 0 Å². The van der Waals surface area contributed by atoms with Crippen LogP contribution in [0.4, 0.5) is 0 Å². The van der Waals surface area contributed by atoms with Gasteiger partial charge in [-0.1, -0.05) is 0 Å². The summed E-state index contributed by atoms with van der Waals surface area (Å²) in [6.45, 7) is 1.45. The molecule has 2 aromatic rings. The van der Waals surface area contributed by atoms with Crippen molar-refractivity contribution in [2.75, 3.05) is 14.2 Å². The number of nitrogens with two attached hydrogens (primary N) is 1. The zero-order chi connectivity index (χ0) is 16.4. The molecule has 0 aromatic carbocycles. The van der Waals surface area contributed by atoms with Gasteiger partial charge in [0, 0.05) is 37.8 Å². The van der Waals surface area contributed by atoms with Crippen LogP contribution in [-0.4, -0.2) is 44.8 Å². The lowest BCUT2D eigenvalue weighted by atomic mass is 9.80. The van der Waals surface area contributed by atoms with Crippen LogP contribution in [0.3, 0.4) is 0 Å². The third-order valence-corrected chi connectivity index (χ3v) is 4.41. The van der Waals surface area contributed by atoms with E-state index in [2.05, 4.69) is 31.7 Å². The topological polar surface area (TPSA) is 82.1 Å². The van der Waals surface area contributed by atoms with E-state index in [4.69, 9.17) is 10.5 Å². The Morgan fingerprint density at radius 3 is 2.83 bits per heavy atom. The maximum Gasteiger partial charge on any atom is 0.146 e. The second-order valence-electron chi connectivity index (χ2n) is 6.32. The summed E-state index contributed by atoms with van der Waals surface area (Å²) in [6.07, 6.45) is 3.79. The average molecular weight is 316 g/mol. The molecule has 0 spiro atoms. The van der Waals surface area contributed by atoms with Crippen LogP contribution >= 0.6 is 0 Å². The van der Waals surface area contributed by atoms with E-state index in [0.717, 1.165) is 49.0 Å². The Morgan fingerprint density at radius 2 is 2.13 bits per heavy atom. The molecule has 23 heavy (non-hydrogen) atoms. The molecule has 2 N–H and O–H groups in total. The van der Waals surface area contributed by atoms with Crippen molar-refractivity contribution in [3.8, 4) is 5.75 Å². The number of methoxy groups -OCH3 is 1. The third-order valence-electron chi connectivity index (χ3n) is 4.41. The quantitative estimate of drug-likeness (QED) is 0.858. The van der Waals surface area contributed by atoms with Crippen LogP contribution < -0.4 is 10.5 Å². The highest BCUT2D eigenvalue weighted by Gasteiger charge is 2.31. The molecular weight excluding hydrogens is 292 g/mol. The van der Waals surface area contributed by atoms with Crippen LogP contribution in [0.1, 0.15) is 36.1 Å². The van der Waals surface area contributed by atoms with Gasteiger partial charge < -0.3 is 15.0 Å². The fraction of sp³-hybridized carbons (Fsp3) is 0.562. The van der Waals surface area contributed by atoms with Crippen LogP contribution in [0, 0.1) is 0 Å². The molecular formula is C16H24N6O. The Labute approximate surface area is 136 Å². The van der Waals surface area contributed by atoms with E-state index in [-0.39, 0.29) is 0 Å². The summed E-state index contributed by atoms with van der Waals surface area (Å²) in [5.41, 5.74) is 6.84. The lowest BCUT2D eigenvalue weighted by molar-refractivity contribution is 0.298. The van der Waals surface area contributed by atoms with Gasteiger partial charge in [0.15, 0.2) is 0 Å². The Hall–Kier alpha value is -1.99. The van der Waals surface area contributed by atoms with Gasteiger partial charge in [-0.2, -0.15) is 0 Å². The van der Waals surface area contributed by atoms with E-state index >= 15 is 0 Å². The number of nitrogens with zero attached hydrogens (tertiary/aromatic N) is 5. The summed E-state index contributed by atoms with van der Waals surface area (Å²) in [6, 6.07) is 4.12. The van der Waals surface area contributed by atoms with Crippen LogP contribution in [0.15, 0.2) is 18.3 Å². The highest BCUT2D eigenvalue weighted by molar-refractivity contribution is 5.22. The van der Waals surface area contributed by atoms with Gasteiger partial charge in [-0.25, -0.2) is 0 Å². The molecule has 2 heterocycles. The Balaban J connectivity index is 1.62. The lowest BCUT2D eigenvalue weighted by Crippen LogP contribution is -2.36. The van der Waals surface area contributed by atoms with Gasteiger partial charge in [-0.15, -0.1) is 10.2 Å². The van der Waals surface area contributed by atoms with Gasteiger partial charge in [-0.05, 0) is 26.0 Å². The van der Waals surface area contributed by atoms with Crippen molar-refractivity contribution in [3.05, 3.63) is 35.7 Å². The zero-order valence-corrected chi connectivity index (χ0v) is 13.9. The zero-order valence-electron chi connectivity index (χ0n) is 13.9. The molecule has 7 nitrogen and oxygen atoms in total. The van der Waals surface area contributed by atoms with Crippen molar-refractivity contribution in [2.45, 2.75) is 37.9 Å². The molecule has 0 bridgehead atoms. The Bertz CT molecular complexity index is 664. The van der Waals surface area contributed by atoms with Crippen molar-refractivity contribution in [3.63, 3.8) is 0 Å². The standard InChI is InChI=1S/C16H24N6O/c1-21(9-13-8-14(23-3)4-5-18-13)10-15-19-20-16(22(15)2)11-6-12(17)7-11/h4-5,8,11-12H,6-7,9-10,17H2,1-3H3. The van der Waals surface area contributed by atoms with E-state index in [1.165, 1.54) is 0 Å². The van der Waals surface area contributed by atoms with E-state index in [1.54, 1.807) is 13.3 Å². The molecule has 2 aromatic heterocycles. The van der Waals surface area contributed by atoms with Gasteiger partial charge in [0.2, 0.25) is 0 Å². The van der Waals surface area contributed by atoms with Crippen LogP contribution in [0.2, 0.25) is 0 Å². The first-order valence-electron chi connectivity index (χ1n) is 7.88. The van der Waals surface area contributed by atoms with E-state index in [1.807, 2.05) is 19.2 Å². The van der Waals surface area contributed by atoms with Crippen molar-refractivity contribution in [1.82, 2.24) is 24.6 Å². The fourth-order valence-electron chi connectivity index (χ4n) is 2.98. The number of pyridine rings is 1. The molecule has 1 saturated carbocycles. The minimum atomic E-state index is 0.321. The average Bonchev–Trinajstić information content (AvgIpc) is 2.85. The van der Waals surface area contributed by atoms with Crippen molar-refractivity contribution >= 4 is 0 Å². The molecule has 0 saturated heterocycles. The molecule has 0 atom stereocenters. The summed E-state index contributed by atoms with van der Waals surface area (Å²) >= 11 is 0.